The molecule has 1 unspecified atom stereocenters. The Bertz CT molecular complexity index is 390. The van der Waals surface area contributed by atoms with Gasteiger partial charge in [-0.25, -0.2) is 0 Å². The van der Waals surface area contributed by atoms with E-state index in [1.807, 2.05) is 18.2 Å². The van der Waals surface area contributed by atoms with Gasteiger partial charge in [0.15, 0.2) is 18.1 Å². The van der Waals surface area contributed by atoms with Crippen LogP contribution in [0.25, 0.3) is 0 Å². The minimum absolute atomic E-state index is 0.0171. The number of amides is 1. The summed E-state index contributed by atoms with van der Waals surface area (Å²) in [7, 11) is 1.57. The van der Waals surface area contributed by atoms with Gasteiger partial charge >= 0.3 is 0 Å². The number of ether oxygens (including phenoxy) is 3. The third-order valence-corrected chi connectivity index (χ3v) is 2.31. The number of carbonyl (C=O) groups excluding carboxylic acids is 1. The van der Waals surface area contributed by atoms with E-state index in [0.29, 0.717) is 18.1 Å². The molecule has 5 nitrogen and oxygen atoms in total. The lowest BCUT2D eigenvalue weighted by atomic mass is 10.3. The lowest BCUT2D eigenvalue weighted by Gasteiger charge is -2.11. The van der Waals surface area contributed by atoms with Crippen LogP contribution in [0.1, 0.15) is 0 Å². The van der Waals surface area contributed by atoms with Crippen molar-refractivity contribution < 1.29 is 19.0 Å². The Kier molecular flexibility index (Phi) is 3.82. The van der Waals surface area contributed by atoms with Crippen LogP contribution in [-0.2, 0) is 9.53 Å². The van der Waals surface area contributed by atoms with E-state index in [1.54, 1.807) is 13.1 Å². The molecule has 0 saturated carbocycles. The molecule has 1 aromatic carbocycles. The summed E-state index contributed by atoms with van der Waals surface area (Å²) >= 11 is 0. The van der Waals surface area contributed by atoms with Crippen LogP contribution >= 0.6 is 0 Å². The van der Waals surface area contributed by atoms with Gasteiger partial charge in [-0.05, 0) is 12.1 Å². The average Bonchev–Trinajstić information content (AvgIpc) is 3.18. The van der Waals surface area contributed by atoms with Crippen molar-refractivity contribution in [1.29, 1.82) is 0 Å². The molecule has 1 aliphatic rings. The van der Waals surface area contributed by atoms with E-state index in [1.165, 1.54) is 0 Å². The summed E-state index contributed by atoms with van der Waals surface area (Å²) in [6, 6.07) is 7.27. The van der Waals surface area contributed by atoms with Crippen molar-refractivity contribution in [1.82, 2.24) is 5.32 Å². The van der Waals surface area contributed by atoms with Gasteiger partial charge in [-0.2, -0.15) is 0 Å². The van der Waals surface area contributed by atoms with Gasteiger partial charge < -0.3 is 19.5 Å². The van der Waals surface area contributed by atoms with Crippen LogP contribution in [0.15, 0.2) is 24.3 Å². The molecule has 17 heavy (non-hydrogen) atoms. The highest BCUT2D eigenvalue weighted by Crippen LogP contribution is 2.27. The van der Waals surface area contributed by atoms with E-state index in [-0.39, 0.29) is 18.6 Å². The predicted octanol–water partition coefficient (Wildman–Crippen LogP) is 0.589. The number of hydrogen-bond donors (Lipinski definition) is 1. The molecule has 0 bridgehead atoms. The fourth-order valence-electron chi connectivity index (χ4n) is 1.25. The Balaban J connectivity index is 1.91. The maximum atomic E-state index is 11.1. The van der Waals surface area contributed by atoms with E-state index in [9.17, 15) is 4.79 Å². The zero-order valence-electron chi connectivity index (χ0n) is 9.64. The first kappa shape index (κ1) is 11.7. The van der Waals surface area contributed by atoms with E-state index in [4.69, 9.17) is 14.2 Å². The molecule has 0 aromatic heterocycles. The molecule has 1 heterocycles. The molecule has 1 saturated heterocycles. The first-order valence-corrected chi connectivity index (χ1v) is 5.46. The van der Waals surface area contributed by atoms with Crippen LogP contribution in [0.2, 0.25) is 0 Å². The van der Waals surface area contributed by atoms with Crippen LogP contribution in [0.3, 0.4) is 0 Å². The first-order chi connectivity index (χ1) is 8.29. The van der Waals surface area contributed by atoms with Crippen molar-refractivity contribution >= 4 is 5.91 Å². The Morgan fingerprint density at radius 2 is 2.06 bits per heavy atom. The van der Waals surface area contributed by atoms with Crippen LogP contribution in [0, 0.1) is 0 Å². The summed E-state index contributed by atoms with van der Waals surface area (Å²) in [6.07, 6.45) is 0.196. The van der Waals surface area contributed by atoms with Crippen molar-refractivity contribution in [2.24, 2.45) is 0 Å². The molecule has 0 aliphatic carbocycles. The minimum atomic E-state index is -0.176. The van der Waals surface area contributed by atoms with E-state index in [2.05, 4.69) is 5.32 Å². The Morgan fingerprint density at radius 1 is 1.41 bits per heavy atom. The molecule has 92 valence electrons. The number of benzene rings is 1. The lowest BCUT2D eigenvalue weighted by Crippen LogP contribution is -2.25. The standard InChI is InChI=1S/C12H15NO4/c1-13-12(14)8-17-11-5-3-2-4-10(11)16-7-9-6-15-9/h2-5,9H,6-8H2,1H3,(H,13,14). The van der Waals surface area contributed by atoms with E-state index < -0.39 is 0 Å². The van der Waals surface area contributed by atoms with Crippen molar-refractivity contribution in [3.8, 4) is 11.5 Å². The fourth-order valence-corrected chi connectivity index (χ4v) is 1.25. The van der Waals surface area contributed by atoms with Gasteiger partial charge in [-0.15, -0.1) is 0 Å². The van der Waals surface area contributed by atoms with Gasteiger partial charge in [0.1, 0.15) is 12.7 Å². The third-order valence-electron chi connectivity index (χ3n) is 2.31. The summed E-state index contributed by atoms with van der Waals surface area (Å²) < 4.78 is 16.0. The molecular weight excluding hydrogens is 222 g/mol. The minimum Gasteiger partial charge on any atom is -0.487 e. The summed E-state index contributed by atoms with van der Waals surface area (Å²) in [5.74, 6) is 1.02. The van der Waals surface area contributed by atoms with E-state index in [0.717, 1.165) is 6.61 Å². The molecule has 1 atom stereocenters. The second kappa shape index (κ2) is 5.54. The van der Waals surface area contributed by atoms with Gasteiger partial charge in [0.2, 0.25) is 0 Å². The number of para-hydroxylation sites is 2. The molecule has 1 aromatic rings. The Labute approximate surface area is 99.7 Å². The van der Waals surface area contributed by atoms with Gasteiger partial charge in [-0.3, -0.25) is 4.79 Å². The molecule has 0 radical (unpaired) electrons. The van der Waals surface area contributed by atoms with Gasteiger partial charge in [0.25, 0.3) is 5.91 Å². The fraction of sp³-hybridized carbons (Fsp3) is 0.417. The van der Waals surface area contributed by atoms with Crippen molar-refractivity contribution in [2.75, 3.05) is 26.9 Å². The highest BCUT2D eigenvalue weighted by Gasteiger charge is 2.23. The van der Waals surface area contributed by atoms with Crippen molar-refractivity contribution in [2.45, 2.75) is 6.10 Å². The molecule has 1 amide bonds. The van der Waals surface area contributed by atoms with Crippen molar-refractivity contribution in [3.05, 3.63) is 24.3 Å². The molecule has 1 aliphatic heterocycles. The number of epoxide rings is 1. The summed E-state index contributed by atoms with van der Waals surface area (Å²) in [4.78, 5) is 11.1. The normalized spacial score (nSPS) is 17.4. The van der Waals surface area contributed by atoms with Gasteiger partial charge in [0, 0.05) is 7.05 Å². The maximum absolute atomic E-state index is 11.1. The highest BCUT2D eigenvalue weighted by molar-refractivity contribution is 5.77. The number of rotatable bonds is 6. The second-order valence-electron chi connectivity index (χ2n) is 3.67. The van der Waals surface area contributed by atoms with Crippen LogP contribution in [-0.4, -0.2) is 38.9 Å². The molecular formula is C12H15NO4. The van der Waals surface area contributed by atoms with Gasteiger partial charge in [0.05, 0.1) is 6.61 Å². The number of nitrogens with one attached hydrogen (secondary N) is 1. The Morgan fingerprint density at radius 3 is 2.65 bits per heavy atom. The maximum Gasteiger partial charge on any atom is 0.257 e. The molecule has 0 spiro atoms. The van der Waals surface area contributed by atoms with Crippen molar-refractivity contribution in [3.63, 3.8) is 0 Å². The summed E-state index contributed by atoms with van der Waals surface area (Å²) in [5.41, 5.74) is 0. The first-order valence-electron chi connectivity index (χ1n) is 5.46. The summed E-state index contributed by atoms with van der Waals surface area (Å²) in [5, 5.41) is 2.49. The predicted molar refractivity (Wildman–Crippen MR) is 61.2 cm³/mol. The largest absolute Gasteiger partial charge is 0.487 e. The SMILES string of the molecule is CNC(=O)COc1ccccc1OCC1CO1. The zero-order valence-corrected chi connectivity index (χ0v) is 9.64. The molecule has 1 fully saturated rings. The smallest absolute Gasteiger partial charge is 0.257 e. The van der Waals surface area contributed by atoms with Gasteiger partial charge in [-0.1, -0.05) is 12.1 Å². The van der Waals surface area contributed by atoms with Crippen LogP contribution in [0.4, 0.5) is 0 Å². The summed E-state index contributed by atoms with van der Waals surface area (Å²) in [6.45, 7) is 1.25. The number of carbonyl (C=O) groups is 1. The monoisotopic (exact) mass is 237 g/mol. The van der Waals surface area contributed by atoms with Crippen LogP contribution < -0.4 is 14.8 Å². The molecule has 5 heteroatoms. The van der Waals surface area contributed by atoms with E-state index >= 15 is 0 Å². The number of likely N-dealkylation sites (N-methyl/N-ethyl adjacent to an activating group) is 1. The highest BCUT2D eigenvalue weighted by atomic mass is 16.6. The third kappa shape index (κ3) is 3.64. The second-order valence-corrected chi connectivity index (χ2v) is 3.67. The number of hydrogen-bond acceptors (Lipinski definition) is 4. The lowest BCUT2D eigenvalue weighted by molar-refractivity contribution is -0.122. The molecule has 2 rings (SSSR count). The quantitative estimate of drug-likeness (QED) is 0.736. The average molecular weight is 237 g/mol. The Hall–Kier alpha value is -1.75. The van der Waals surface area contributed by atoms with Crippen LogP contribution in [0.5, 0.6) is 11.5 Å². The molecule has 1 N–H and O–H groups in total. The zero-order chi connectivity index (χ0) is 12.1. The topological polar surface area (TPSA) is 60.1 Å².